The molecule has 140 valence electrons. The van der Waals surface area contributed by atoms with Gasteiger partial charge in [-0.2, -0.15) is 4.98 Å². The Hall–Kier alpha value is -2.66. The molecule has 2 aromatic carbocycles. The van der Waals surface area contributed by atoms with Gasteiger partial charge in [0.2, 0.25) is 5.82 Å². The highest BCUT2D eigenvalue weighted by molar-refractivity contribution is 5.63. The Morgan fingerprint density at radius 1 is 0.852 bits per heavy atom. The Morgan fingerprint density at radius 2 is 1.48 bits per heavy atom. The lowest BCUT2D eigenvalue weighted by atomic mass is 9.87. The molecule has 0 N–H and O–H groups in total. The van der Waals surface area contributed by atoms with Gasteiger partial charge in [0.05, 0.1) is 13.2 Å². The van der Waals surface area contributed by atoms with Crippen molar-refractivity contribution in [1.29, 1.82) is 0 Å². The van der Waals surface area contributed by atoms with Crippen LogP contribution >= 0.6 is 0 Å². The highest BCUT2D eigenvalue weighted by Crippen LogP contribution is 2.27. The number of ether oxygens (including phenoxy) is 1. The zero-order valence-corrected chi connectivity index (χ0v) is 16.1. The van der Waals surface area contributed by atoms with Gasteiger partial charge in [0.1, 0.15) is 0 Å². The van der Waals surface area contributed by atoms with Crippen LogP contribution in [-0.2, 0) is 10.2 Å². The summed E-state index contributed by atoms with van der Waals surface area (Å²) in [7, 11) is 0. The topological polar surface area (TPSA) is 51.4 Å². The predicted octanol–water partition coefficient (Wildman–Crippen LogP) is 4.54. The maximum atomic E-state index is 5.49. The minimum Gasteiger partial charge on any atom is -0.378 e. The molecule has 4 rings (SSSR count). The van der Waals surface area contributed by atoms with Crippen LogP contribution in [0.5, 0.6) is 0 Å². The van der Waals surface area contributed by atoms with Crippen LogP contribution in [-0.4, -0.2) is 36.4 Å². The monoisotopic (exact) mass is 363 g/mol. The SMILES string of the molecule is CC(C)(C)c1ccc(-c2nc(-c3ccc(N4CCOCC4)cc3)no2)cc1. The Labute approximate surface area is 160 Å². The molecule has 5 heteroatoms. The van der Waals surface area contributed by atoms with E-state index in [2.05, 4.69) is 60.1 Å². The van der Waals surface area contributed by atoms with Crippen LogP contribution in [0.15, 0.2) is 53.1 Å². The van der Waals surface area contributed by atoms with Gasteiger partial charge in [-0.25, -0.2) is 0 Å². The summed E-state index contributed by atoms with van der Waals surface area (Å²) in [6.07, 6.45) is 0. The first-order valence-electron chi connectivity index (χ1n) is 9.38. The molecule has 2 heterocycles. The molecule has 0 radical (unpaired) electrons. The normalized spacial score (nSPS) is 15.1. The average Bonchev–Trinajstić information content (AvgIpc) is 3.18. The fraction of sp³-hybridized carbons (Fsp3) is 0.364. The summed E-state index contributed by atoms with van der Waals surface area (Å²) in [5, 5.41) is 4.16. The van der Waals surface area contributed by atoms with E-state index in [9.17, 15) is 0 Å². The van der Waals surface area contributed by atoms with Crippen molar-refractivity contribution in [1.82, 2.24) is 10.1 Å². The van der Waals surface area contributed by atoms with Crippen LogP contribution in [0.1, 0.15) is 26.3 Å². The highest BCUT2D eigenvalue weighted by atomic mass is 16.5. The van der Waals surface area contributed by atoms with Crippen molar-refractivity contribution in [2.45, 2.75) is 26.2 Å². The number of aromatic nitrogens is 2. The third-order valence-electron chi connectivity index (χ3n) is 4.93. The Kier molecular flexibility index (Phi) is 4.70. The first kappa shape index (κ1) is 17.7. The molecule has 0 bridgehead atoms. The first-order chi connectivity index (χ1) is 13.0. The summed E-state index contributed by atoms with van der Waals surface area (Å²) in [4.78, 5) is 6.90. The molecule has 1 aromatic heterocycles. The second kappa shape index (κ2) is 7.16. The van der Waals surface area contributed by atoms with Crippen LogP contribution in [0.25, 0.3) is 22.8 Å². The van der Waals surface area contributed by atoms with E-state index in [0.29, 0.717) is 11.7 Å². The molecular weight excluding hydrogens is 338 g/mol. The summed E-state index contributed by atoms with van der Waals surface area (Å²) >= 11 is 0. The van der Waals surface area contributed by atoms with Crippen molar-refractivity contribution < 1.29 is 9.26 Å². The average molecular weight is 363 g/mol. The number of hydrogen-bond donors (Lipinski definition) is 0. The van der Waals surface area contributed by atoms with E-state index in [0.717, 1.165) is 37.4 Å². The summed E-state index contributed by atoms with van der Waals surface area (Å²) in [5.41, 5.74) is 4.49. The lowest BCUT2D eigenvalue weighted by Crippen LogP contribution is -2.36. The van der Waals surface area contributed by atoms with E-state index in [4.69, 9.17) is 9.26 Å². The maximum absolute atomic E-state index is 5.49. The molecule has 27 heavy (non-hydrogen) atoms. The van der Waals surface area contributed by atoms with E-state index >= 15 is 0 Å². The molecule has 0 aliphatic carbocycles. The molecule has 0 amide bonds. The number of benzene rings is 2. The van der Waals surface area contributed by atoms with Gasteiger partial charge in [0, 0.05) is 29.9 Å². The molecule has 1 fully saturated rings. The maximum Gasteiger partial charge on any atom is 0.258 e. The molecular formula is C22H25N3O2. The van der Waals surface area contributed by atoms with Crippen molar-refractivity contribution in [2.24, 2.45) is 0 Å². The highest BCUT2D eigenvalue weighted by Gasteiger charge is 2.16. The van der Waals surface area contributed by atoms with E-state index in [1.165, 1.54) is 11.3 Å². The Bertz CT molecular complexity index is 887. The third kappa shape index (κ3) is 3.88. The van der Waals surface area contributed by atoms with E-state index < -0.39 is 0 Å². The third-order valence-corrected chi connectivity index (χ3v) is 4.93. The molecule has 3 aromatic rings. The zero-order chi connectivity index (χ0) is 18.9. The van der Waals surface area contributed by atoms with Crippen molar-refractivity contribution in [2.75, 3.05) is 31.2 Å². The van der Waals surface area contributed by atoms with Crippen molar-refractivity contribution in [3.63, 3.8) is 0 Å². The summed E-state index contributed by atoms with van der Waals surface area (Å²) in [6.45, 7) is 10.0. The molecule has 1 aliphatic rings. The van der Waals surface area contributed by atoms with E-state index in [1.54, 1.807) is 0 Å². The fourth-order valence-corrected chi connectivity index (χ4v) is 3.21. The molecule has 0 spiro atoms. The number of hydrogen-bond acceptors (Lipinski definition) is 5. The molecule has 0 saturated carbocycles. The van der Waals surface area contributed by atoms with Crippen LogP contribution in [0.3, 0.4) is 0 Å². The predicted molar refractivity (Wildman–Crippen MR) is 107 cm³/mol. The molecule has 0 atom stereocenters. The largest absolute Gasteiger partial charge is 0.378 e. The van der Waals surface area contributed by atoms with Crippen molar-refractivity contribution >= 4 is 5.69 Å². The summed E-state index contributed by atoms with van der Waals surface area (Å²) in [5.74, 6) is 1.15. The minimum atomic E-state index is 0.126. The van der Waals surface area contributed by atoms with Crippen LogP contribution in [0, 0.1) is 0 Å². The number of nitrogens with zero attached hydrogens (tertiary/aromatic N) is 3. The second-order valence-corrected chi connectivity index (χ2v) is 7.90. The molecule has 1 aliphatic heterocycles. The van der Waals surface area contributed by atoms with Gasteiger partial charge >= 0.3 is 0 Å². The van der Waals surface area contributed by atoms with E-state index in [1.807, 2.05) is 24.3 Å². The quantitative estimate of drug-likeness (QED) is 0.684. The number of anilines is 1. The minimum absolute atomic E-state index is 0.126. The summed E-state index contributed by atoms with van der Waals surface area (Å²) in [6, 6.07) is 16.6. The Balaban J connectivity index is 1.52. The summed E-state index contributed by atoms with van der Waals surface area (Å²) < 4.78 is 10.9. The number of morpholine rings is 1. The van der Waals surface area contributed by atoms with Gasteiger partial charge in [0.15, 0.2) is 0 Å². The van der Waals surface area contributed by atoms with Crippen molar-refractivity contribution in [3.05, 3.63) is 54.1 Å². The molecule has 0 unspecified atom stereocenters. The van der Waals surface area contributed by atoms with Crippen LogP contribution in [0.4, 0.5) is 5.69 Å². The van der Waals surface area contributed by atoms with Gasteiger partial charge in [-0.1, -0.05) is 38.1 Å². The lowest BCUT2D eigenvalue weighted by molar-refractivity contribution is 0.122. The zero-order valence-electron chi connectivity index (χ0n) is 16.1. The smallest absolute Gasteiger partial charge is 0.258 e. The lowest BCUT2D eigenvalue weighted by Gasteiger charge is -2.28. The van der Waals surface area contributed by atoms with Gasteiger partial charge in [-0.05, 0) is 47.4 Å². The van der Waals surface area contributed by atoms with Gasteiger partial charge in [0.25, 0.3) is 5.89 Å². The first-order valence-corrected chi connectivity index (χ1v) is 9.38. The van der Waals surface area contributed by atoms with Crippen molar-refractivity contribution in [3.8, 4) is 22.8 Å². The second-order valence-electron chi connectivity index (χ2n) is 7.90. The molecule has 5 nitrogen and oxygen atoms in total. The van der Waals surface area contributed by atoms with Crippen LogP contribution in [0.2, 0.25) is 0 Å². The van der Waals surface area contributed by atoms with Crippen LogP contribution < -0.4 is 4.90 Å². The van der Waals surface area contributed by atoms with Gasteiger partial charge < -0.3 is 14.2 Å². The number of rotatable bonds is 3. The fourth-order valence-electron chi connectivity index (χ4n) is 3.21. The van der Waals surface area contributed by atoms with Gasteiger partial charge in [-0.3, -0.25) is 0 Å². The Morgan fingerprint density at radius 3 is 2.11 bits per heavy atom. The standard InChI is InChI=1S/C22H25N3O2/c1-22(2,3)18-8-4-17(5-9-18)21-23-20(24-27-21)16-6-10-19(11-7-16)25-12-14-26-15-13-25/h4-11H,12-15H2,1-3H3. The molecule has 1 saturated heterocycles. The van der Waals surface area contributed by atoms with Gasteiger partial charge in [-0.15, -0.1) is 0 Å². The van der Waals surface area contributed by atoms with E-state index in [-0.39, 0.29) is 5.41 Å².